The van der Waals surface area contributed by atoms with Gasteiger partial charge in [0.2, 0.25) is 5.82 Å². The van der Waals surface area contributed by atoms with Gasteiger partial charge in [-0.1, -0.05) is 29.4 Å². The average molecular weight is 386 g/mol. The van der Waals surface area contributed by atoms with Gasteiger partial charge in [-0.05, 0) is 36.8 Å². The monoisotopic (exact) mass is 386 g/mol. The standard InChI is InChI=1S/C19H13F3N4O2/c1-11(13-4-2-12(10-23)3-5-13)24-17(27)15-8-6-14(7-9-15)16-25-18(28-26-16)19(20,21)22/h2-9,11H,1H3,(H,24,27)/t11-/m0/s1. The highest BCUT2D eigenvalue weighted by Gasteiger charge is 2.38. The first-order valence-corrected chi connectivity index (χ1v) is 8.10. The Balaban J connectivity index is 1.69. The van der Waals surface area contributed by atoms with Crippen molar-refractivity contribution in [1.82, 2.24) is 15.5 Å². The Bertz CT molecular complexity index is 1020. The van der Waals surface area contributed by atoms with Gasteiger partial charge in [0.1, 0.15) is 0 Å². The van der Waals surface area contributed by atoms with Crippen LogP contribution in [0.15, 0.2) is 53.1 Å². The van der Waals surface area contributed by atoms with E-state index < -0.39 is 12.1 Å². The summed E-state index contributed by atoms with van der Waals surface area (Å²) in [6.45, 7) is 1.80. The van der Waals surface area contributed by atoms with E-state index in [4.69, 9.17) is 5.26 Å². The molecule has 1 heterocycles. The molecule has 1 atom stereocenters. The molecule has 0 spiro atoms. The average Bonchev–Trinajstić information content (AvgIpc) is 3.19. The largest absolute Gasteiger partial charge is 0.471 e. The van der Waals surface area contributed by atoms with Gasteiger partial charge in [-0.15, -0.1) is 0 Å². The summed E-state index contributed by atoms with van der Waals surface area (Å²) in [6, 6.07) is 14.3. The van der Waals surface area contributed by atoms with E-state index in [1.165, 1.54) is 24.3 Å². The maximum Gasteiger partial charge on any atom is 0.471 e. The van der Waals surface area contributed by atoms with Gasteiger partial charge in [-0.25, -0.2) is 0 Å². The summed E-state index contributed by atoms with van der Waals surface area (Å²) in [5, 5.41) is 14.9. The smallest absolute Gasteiger partial charge is 0.346 e. The molecular weight excluding hydrogens is 373 g/mol. The highest BCUT2D eigenvalue weighted by molar-refractivity contribution is 5.94. The van der Waals surface area contributed by atoms with Crippen LogP contribution < -0.4 is 5.32 Å². The number of benzene rings is 2. The first-order chi connectivity index (χ1) is 13.3. The number of nitrogens with one attached hydrogen (secondary N) is 1. The number of halogens is 3. The number of nitriles is 1. The molecule has 0 saturated heterocycles. The topological polar surface area (TPSA) is 91.8 Å². The van der Waals surface area contributed by atoms with Crippen LogP contribution in [0.3, 0.4) is 0 Å². The highest BCUT2D eigenvalue weighted by atomic mass is 19.4. The van der Waals surface area contributed by atoms with Gasteiger partial charge in [0.15, 0.2) is 0 Å². The van der Waals surface area contributed by atoms with E-state index in [1.54, 1.807) is 31.2 Å². The Morgan fingerprint density at radius 1 is 1.14 bits per heavy atom. The fraction of sp³-hybridized carbons (Fsp3) is 0.158. The molecule has 142 valence electrons. The number of hydrogen-bond acceptors (Lipinski definition) is 5. The maximum atomic E-state index is 12.5. The summed E-state index contributed by atoms with van der Waals surface area (Å²) < 4.78 is 41.8. The number of amides is 1. The molecule has 0 aliphatic heterocycles. The third kappa shape index (κ3) is 4.17. The Morgan fingerprint density at radius 3 is 2.32 bits per heavy atom. The Hall–Kier alpha value is -3.67. The predicted octanol–water partition coefficient (Wildman–Crippen LogP) is 4.12. The first kappa shape index (κ1) is 19.1. The lowest BCUT2D eigenvalue weighted by molar-refractivity contribution is -0.159. The van der Waals surface area contributed by atoms with Crippen LogP contribution in [-0.4, -0.2) is 16.0 Å². The van der Waals surface area contributed by atoms with Crippen LogP contribution in [0.4, 0.5) is 13.2 Å². The number of hydrogen-bond donors (Lipinski definition) is 1. The van der Waals surface area contributed by atoms with Crippen molar-refractivity contribution in [3.05, 3.63) is 71.1 Å². The van der Waals surface area contributed by atoms with Crippen molar-refractivity contribution in [2.45, 2.75) is 19.1 Å². The number of carbonyl (C=O) groups excluding carboxylic acids is 1. The maximum absolute atomic E-state index is 12.5. The Kier molecular flexibility index (Phi) is 5.13. The minimum absolute atomic E-state index is 0.217. The van der Waals surface area contributed by atoms with Gasteiger partial charge in [0.05, 0.1) is 17.7 Å². The molecule has 0 radical (unpaired) electrons. The molecule has 9 heteroatoms. The van der Waals surface area contributed by atoms with Gasteiger partial charge in [-0.2, -0.15) is 23.4 Å². The van der Waals surface area contributed by atoms with Crippen molar-refractivity contribution in [2.24, 2.45) is 0 Å². The normalized spacial score (nSPS) is 12.2. The Morgan fingerprint density at radius 2 is 1.79 bits per heavy atom. The second-order valence-corrected chi connectivity index (χ2v) is 5.93. The van der Waals surface area contributed by atoms with Gasteiger partial charge < -0.3 is 9.84 Å². The zero-order valence-corrected chi connectivity index (χ0v) is 14.5. The molecule has 1 amide bonds. The van der Waals surface area contributed by atoms with Crippen LogP contribution >= 0.6 is 0 Å². The molecule has 3 aromatic rings. The van der Waals surface area contributed by atoms with Crippen LogP contribution in [-0.2, 0) is 6.18 Å². The fourth-order valence-electron chi connectivity index (χ4n) is 2.44. The van der Waals surface area contributed by atoms with Gasteiger partial charge in [0.25, 0.3) is 5.91 Å². The highest BCUT2D eigenvalue weighted by Crippen LogP contribution is 2.29. The lowest BCUT2D eigenvalue weighted by Crippen LogP contribution is -2.26. The summed E-state index contributed by atoms with van der Waals surface area (Å²) in [4.78, 5) is 15.7. The number of alkyl halides is 3. The van der Waals surface area contributed by atoms with Crippen LogP contribution in [0.1, 0.15) is 40.3 Å². The molecule has 0 fully saturated rings. The van der Waals surface area contributed by atoms with Crippen molar-refractivity contribution < 1.29 is 22.5 Å². The summed E-state index contributed by atoms with van der Waals surface area (Å²) in [6.07, 6.45) is -4.72. The molecule has 0 aliphatic rings. The summed E-state index contributed by atoms with van der Waals surface area (Å²) in [5.74, 6) is -2.00. The van der Waals surface area contributed by atoms with Crippen molar-refractivity contribution >= 4 is 5.91 Å². The zero-order chi connectivity index (χ0) is 20.3. The summed E-state index contributed by atoms with van der Waals surface area (Å²) >= 11 is 0. The molecule has 0 saturated carbocycles. The molecule has 2 aromatic carbocycles. The van der Waals surface area contributed by atoms with Gasteiger partial charge in [-0.3, -0.25) is 4.79 Å². The van der Waals surface area contributed by atoms with Crippen molar-refractivity contribution in [1.29, 1.82) is 5.26 Å². The van der Waals surface area contributed by atoms with Gasteiger partial charge >= 0.3 is 12.1 Å². The van der Waals surface area contributed by atoms with E-state index in [0.29, 0.717) is 11.1 Å². The van der Waals surface area contributed by atoms with Crippen molar-refractivity contribution in [3.63, 3.8) is 0 Å². The van der Waals surface area contributed by atoms with Gasteiger partial charge in [0, 0.05) is 11.1 Å². The van der Waals surface area contributed by atoms with E-state index in [-0.39, 0.29) is 23.3 Å². The number of nitrogens with zero attached hydrogens (tertiary/aromatic N) is 3. The molecular formula is C19H13F3N4O2. The fourth-order valence-corrected chi connectivity index (χ4v) is 2.44. The third-order valence-corrected chi connectivity index (χ3v) is 3.96. The lowest BCUT2D eigenvalue weighted by Gasteiger charge is -2.14. The van der Waals surface area contributed by atoms with E-state index in [2.05, 4.69) is 20.0 Å². The van der Waals surface area contributed by atoms with Crippen LogP contribution in [0, 0.1) is 11.3 Å². The van der Waals surface area contributed by atoms with Crippen LogP contribution in [0.25, 0.3) is 11.4 Å². The second-order valence-electron chi connectivity index (χ2n) is 5.93. The molecule has 6 nitrogen and oxygen atoms in total. The molecule has 1 aromatic heterocycles. The molecule has 0 aliphatic carbocycles. The number of aromatic nitrogens is 2. The Labute approximate surface area is 157 Å². The quantitative estimate of drug-likeness (QED) is 0.728. The SMILES string of the molecule is C[C@H](NC(=O)c1ccc(-c2noc(C(F)(F)F)n2)cc1)c1ccc(C#N)cc1. The third-order valence-electron chi connectivity index (χ3n) is 3.96. The zero-order valence-electron chi connectivity index (χ0n) is 14.5. The van der Waals surface area contributed by atoms with Crippen molar-refractivity contribution in [3.8, 4) is 17.5 Å². The minimum atomic E-state index is -4.72. The van der Waals surface area contributed by atoms with Crippen LogP contribution in [0.2, 0.25) is 0 Å². The molecule has 1 N–H and O–H groups in total. The van der Waals surface area contributed by atoms with E-state index in [1.807, 2.05) is 6.07 Å². The molecule has 0 bridgehead atoms. The predicted molar refractivity (Wildman–Crippen MR) is 91.8 cm³/mol. The molecule has 0 unspecified atom stereocenters. The summed E-state index contributed by atoms with van der Waals surface area (Å²) in [7, 11) is 0. The van der Waals surface area contributed by atoms with E-state index in [9.17, 15) is 18.0 Å². The van der Waals surface area contributed by atoms with Crippen LogP contribution in [0.5, 0.6) is 0 Å². The lowest BCUT2D eigenvalue weighted by atomic mass is 10.1. The number of carbonyl (C=O) groups is 1. The number of rotatable bonds is 4. The second kappa shape index (κ2) is 7.52. The first-order valence-electron chi connectivity index (χ1n) is 8.10. The van der Waals surface area contributed by atoms with Crippen molar-refractivity contribution in [2.75, 3.05) is 0 Å². The van der Waals surface area contributed by atoms with E-state index >= 15 is 0 Å². The minimum Gasteiger partial charge on any atom is -0.346 e. The summed E-state index contributed by atoms with van der Waals surface area (Å²) in [5.41, 5.74) is 1.96. The van der Waals surface area contributed by atoms with E-state index in [0.717, 1.165) is 5.56 Å². The molecule has 3 rings (SSSR count). The molecule has 28 heavy (non-hydrogen) atoms.